The maximum atomic E-state index is 5.57. The molecule has 2 aromatic rings. The second kappa shape index (κ2) is 5.60. The van der Waals surface area contributed by atoms with Crippen molar-refractivity contribution in [2.24, 2.45) is 0 Å². The van der Waals surface area contributed by atoms with Crippen LogP contribution in [0.2, 0.25) is 0 Å². The molecule has 0 amide bonds. The molecule has 1 aliphatic heterocycles. The fraction of sp³-hybridized carbons (Fsp3) is 0.529. The summed E-state index contributed by atoms with van der Waals surface area (Å²) in [4.78, 5) is 4.74. The van der Waals surface area contributed by atoms with Gasteiger partial charge in [0.05, 0.1) is 5.92 Å². The smallest absolute Gasteiger partial charge is 0.231 e. The van der Waals surface area contributed by atoms with Gasteiger partial charge in [0.25, 0.3) is 0 Å². The van der Waals surface area contributed by atoms with E-state index in [2.05, 4.69) is 34.7 Å². The van der Waals surface area contributed by atoms with Gasteiger partial charge in [-0.1, -0.05) is 29.4 Å². The summed E-state index contributed by atoms with van der Waals surface area (Å²) in [6.45, 7) is 2.07. The van der Waals surface area contributed by atoms with Crippen LogP contribution in [0.3, 0.4) is 0 Å². The predicted molar refractivity (Wildman–Crippen MR) is 80.4 cm³/mol. The van der Waals surface area contributed by atoms with Gasteiger partial charge in [-0.2, -0.15) is 4.98 Å². The molecule has 0 spiro atoms. The summed E-state index contributed by atoms with van der Waals surface area (Å²) in [6, 6.07) is 8.69. The van der Waals surface area contributed by atoms with Gasteiger partial charge in [-0.3, -0.25) is 0 Å². The second-order valence-electron chi connectivity index (χ2n) is 6.18. The van der Waals surface area contributed by atoms with Crippen LogP contribution in [0.25, 0.3) is 0 Å². The Kier molecular flexibility index (Phi) is 3.47. The summed E-state index contributed by atoms with van der Waals surface area (Å²) < 4.78 is 5.57. The van der Waals surface area contributed by atoms with Crippen LogP contribution in [0, 0.1) is 0 Å². The largest absolute Gasteiger partial charge is 0.339 e. The van der Waals surface area contributed by atoms with E-state index >= 15 is 0 Å². The van der Waals surface area contributed by atoms with Crippen LogP contribution in [0.5, 0.6) is 0 Å². The molecule has 0 radical (unpaired) electrons. The molecule has 1 aliphatic carbocycles. The molecule has 0 bridgehead atoms. The molecule has 1 saturated heterocycles. The third-order valence-electron chi connectivity index (χ3n) is 4.78. The number of fused-ring (bicyclic) bond motifs is 1. The molecular weight excluding hydrogens is 262 g/mol. The molecule has 2 atom stereocenters. The number of hydrogen-bond acceptors (Lipinski definition) is 4. The Balaban J connectivity index is 1.61. The minimum absolute atomic E-state index is 0.309. The normalized spacial score (nSPS) is 25.5. The predicted octanol–water partition coefficient (Wildman–Crippen LogP) is 3.00. The van der Waals surface area contributed by atoms with Crippen molar-refractivity contribution < 1.29 is 4.52 Å². The van der Waals surface area contributed by atoms with Gasteiger partial charge in [0.15, 0.2) is 5.82 Å². The number of aryl methyl sites for hydroxylation is 1. The first-order chi connectivity index (χ1) is 10.4. The van der Waals surface area contributed by atoms with Crippen molar-refractivity contribution in [2.45, 2.75) is 43.9 Å². The van der Waals surface area contributed by atoms with Gasteiger partial charge in [-0.15, -0.1) is 0 Å². The maximum Gasteiger partial charge on any atom is 0.231 e. The summed E-state index contributed by atoms with van der Waals surface area (Å²) in [6.07, 6.45) is 5.84. The van der Waals surface area contributed by atoms with Crippen molar-refractivity contribution >= 4 is 0 Å². The van der Waals surface area contributed by atoms with E-state index in [4.69, 9.17) is 9.51 Å². The minimum Gasteiger partial charge on any atom is -0.339 e. The number of aromatic nitrogens is 2. The van der Waals surface area contributed by atoms with Crippen LogP contribution < -0.4 is 5.32 Å². The van der Waals surface area contributed by atoms with Crippen LogP contribution in [-0.2, 0) is 6.42 Å². The maximum absolute atomic E-state index is 5.57. The molecule has 0 saturated carbocycles. The van der Waals surface area contributed by atoms with Crippen LogP contribution in [0.1, 0.15) is 60.4 Å². The molecule has 2 aliphatic rings. The number of rotatable bonds is 2. The number of nitrogens with zero attached hydrogens (tertiary/aromatic N) is 2. The molecule has 1 fully saturated rings. The lowest BCUT2D eigenvalue weighted by molar-refractivity contribution is 0.319. The number of hydrogen-bond donors (Lipinski definition) is 1. The number of nitrogens with one attached hydrogen (secondary N) is 1. The summed E-state index contributed by atoms with van der Waals surface area (Å²) >= 11 is 0. The highest BCUT2D eigenvalue weighted by atomic mass is 16.5. The lowest BCUT2D eigenvalue weighted by Crippen LogP contribution is -2.28. The van der Waals surface area contributed by atoms with Crippen LogP contribution in [-0.4, -0.2) is 23.2 Å². The Morgan fingerprint density at radius 1 is 1.14 bits per heavy atom. The molecule has 2 heterocycles. The van der Waals surface area contributed by atoms with Gasteiger partial charge in [-0.25, -0.2) is 0 Å². The van der Waals surface area contributed by atoms with E-state index < -0.39 is 0 Å². The van der Waals surface area contributed by atoms with Crippen LogP contribution in [0.4, 0.5) is 0 Å². The average molecular weight is 283 g/mol. The van der Waals surface area contributed by atoms with Crippen molar-refractivity contribution in [3.8, 4) is 0 Å². The molecule has 4 rings (SSSR count). The highest BCUT2D eigenvalue weighted by Gasteiger charge is 2.28. The standard InChI is InChI=1S/C17H21N3O/c1-2-8-14-12(5-1)6-3-9-15(14)16-19-17(21-20-16)13-7-4-10-18-11-13/h1-2,5,8,13,15,18H,3-4,6-7,9-11H2/t13-,15?/m1/s1. The summed E-state index contributed by atoms with van der Waals surface area (Å²) in [5.74, 6) is 2.39. The van der Waals surface area contributed by atoms with Crippen molar-refractivity contribution in [3.63, 3.8) is 0 Å². The topological polar surface area (TPSA) is 51.0 Å². The van der Waals surface area contributed by atoms with Crippen molar-refractivity contribution in [3.05, 3.63) is 47.1 Å². The second-order valence-corrected chi connectivity index (χ2v) is 6.18. The number of piperidine rings is 1. The number of benzene rings is 1. The van der Waals surface area contributed by atoms with E-state index in [9.17, 15) is 0 Å². The average Bonchev–Trinajstić information content (AvgIpc) is 3.05. The zero-order valence-electron chi connectivity index (χ0n) is 12.2. The van der Waals surface area contributed by atoms with E-state index in [0.29, 0.717) is 11.8 Å². The first-order valence-corrected chi connectivity index (χ1v) is 8.04. The van der Waals surface area contributed by atoms with E-state index in [1.165, 1.54) is 30.4 Å². The quantitative estimate of drug-likeness (QED) is 0.920. The first-order valence-electron chi connectivity index (χ1n) is 8.04. The summed E-state index contributed by atoms with van der Waals surface area (Å²) in [5.41, 5.74) is 2.83. The van der Waals surface area contributed by atoms with Crippen molar-refractivity contribution in [1.82, 2.24) is 15.5 Å². The van der Waals surface area contributed by atoms with Crippen LogP contribution >= 0.6 is 0 Å². The van der Waals surface area contributed by atoms with E-state index in [0.717, 1.165) is 37.6 Å². The van der Waals surface area contributed by atoms with Gasteiger partial charge in [0, 0.05) is 12.5 Å². The molecule has 1 unspecified atom stereocenters. The van der Waals surface area contributed by atoms with Gasteiger partial charge in [-0.05, 0) is 49.8 Å². The van der Waals surface area contributed by atoms with Crippen molar-refractivity contribution in [2.75, 3.05) is 13.1 Å². The zero-order chi connectivity index (χ0) is 14.1. The van der Waals surface area contributed by atoms with Gasteiger partial charge in [0.1, 0.15) is 0 Å². The molecule has 21 heavy (non-hydrogen) atoms. The Morgan fingerprint density at radius 2 is 2.10 bits per heavy atom. The lowest BCUT2D eigenvalue weighted by Gasteiger charge is -2.22. The molecule has 1 N–H and O–H groups in total. The third-order valence-corrected chi connectivity index (χ3v) is 4.78. The fourth-order valence-corrected chi connectivity index (χ4v) is 3.64. The fourth-order valence-electron chi connectivity index (χ4n) is 3.64. The summed E-state index contributed by atoms with van der Waals surface area (Å²) in [5, 5.41) is 7.71. The Hall–Kier alpha value is -1.68. The molecule has 1 aromatic heterocycles. The first kappa shape index (κ1) is 13.0. The Labute approximate surface area is 124 Å². The van der Waals surface area contributed by atoms with E-state index in [-0.39, 0.29) is 0 Å². The van der Waals surface area contributed by atoms with Crippen LogP contribution in [0.15, 0.2) is 28.8 Å². The SMILES string of the molecule is c1ccc2c(c1)CCCC2c1noc([C@@H]2CCCNC2)n1. The molecular formula is C17H21N3O. The molecule has 110 valence electrons. The van der Waals surface area contributed by atoms with E-state index in [1.807, 2.05) is 0 Å². The molecule has 4 nitrogen and oxygen atoms in total. The minimum atomic E-state index is 0.309. The van der Waals surface area contributed by atoms with Gasteiger partial charge >= 0.3 is 0 Å². The molecule has 4 heteroatoms. The van der Waals surface area contributed by atoms with E-state index in [1.54, 1.807) is 0 Å². The summed E-state index contributed by atoms with van der Waals surface area (Å²) in [7, 11) is 0. The monoisotopic (exact) mass is 283 g/mol. The molecule has 1 aromatic carbocycles. The lowest BCUT2D eigenvalue weighted by atomic mass is 9.82. The van der Waals surface area contributed by atoms with Crippen molar-refractivity contribution in [1.29, 1.82) is 0 Å². The Bertz CT molecular complexity index is 616. The van der Waals surface area contributed by atoms with Gasteiger partial charge in [0.2, 0.25) is 5.89 Å². The zero-order valence-corrected chi connectivity index (χ0v) is 12.2. The van der Waals surface area contributed by atoms with Gasteiger partial charge < -0.3 is 9.84 Å². The Morgan fingerprint density at radius 3 is 3.00 bits per heavy atom. The highest BCUT2D eigenvalue weighted by molar-refractivity contribution is 5.36. The highest BCUT2D eigenvalue weighted by Crippen LogP contribution is 2.35. The third kappa shape index (κ3) is 2.48.